The molecule has 1 aromatic heterocycles. The Morgan fingerprint density at radius 2 is 1.84 bits per heavy atom. The first-order valence-electron chi connectivity index (χ1n) is 7.77. The summed E-state index contributed by atoms with van der Waals surface area (Å²) in [7, 11) is 0. The molecule has 3 rings (SSSR count). The molecule has 1 amide bonds. The Morgan fingerprint density at radius 3 is 2.48 bits per heavy atom. The molecule has 128 valence electrons. The number of nitrogens with zero attached hydrogens (tertiary/aromatic N) is 3. The van der Waals surface area contributed by atoms with Crippen molar-refractivity contribution >= 4 is 17.5 Å². The van der Waals surface area contributed by atoms with E-state index in [1.807, 2.05) is 43.3 Å². The second-order valence-electron chi connectivity index (χ2n) is 5.49. The molecule has 0 radical (unpaired) electrons. The summed E-state index contributed by atoms with van der Waals surface area (Å²) in [6.07, 6.45) is 0. The van der Waals surface area contributed by atoms with Crippen molar-refractivity contribution in [3.63, 3.8) is 0 Å². The molecule has 2 aromatic carbocycles. The van der Waals surface area contributed by atoms with Gasteiger partial charge in [-0.3, -0.25) is 4.79 Å². The second kappa shape index (κ2) is 7.46. The van der Waals surface area contributed by atoms with E-state index >= 15 is 0 Å². The van der Waals surface area contributed by atoms with Crippen LogP contribution in [0.3, 0.4) is 0 Å². The standard InChI is InChI=1S/C18H17ClN4O2/c1-12-2-4-13(5-3-12)17-21-16(18(25)20-10-11-24)22-23(17)15-8-6-14(19)7-9-15/h2-9,24H,10-11H2,1H3,(H,20,25). The first kappa shape index (κ1) is 17.1. The molecular weight excluding hydrogens is 340 g/mol. The Hall–Kier alpha value is -2.70. The number of hydrogen-bond acceptors (Lipinski definition) is 4. The van der Waals surface area contributed by atoms with Gasteiger partial charge in [0, 0.05) is 17.1 Å². The molecule has 2 N–H and O–H groups in total. The highest BCUT2D eigenvalue weighted by Crippen LogP contribution is 2.22. The van der Waals surface area contributed by atoms with Crippen molar-refractivity contribution in [3.05, 3.63) is 64.9 Å². The van der Waals surface area contributed by atoms with Gasteiger partial charge in [-0.05, 0) is 31.2 Å². The van der Waals surface area contributed by atoms with Crippen LogP contribution in [-0.4, -0.2) is 38.9 Å². The van der Waals surface area contributed by atoms with Crippen LogP contribution in [0.1, 0.15) is 16.2 Å². The van der Waals surface area contributed by atoms with Gasteiger partial charge in [0.25, 0.3) is 5.91 Å². The van der Waals surface area contributed by atoms with E-state index in [0.717, 1.165) is 16.8 Å². The molecular formula is C18H17ClN4O2. The van der Waals surface area contributed by atoms with Gasteiger partial charge in [0.2, 0.25) is 5.82 Å². The average molecular weight is 357 g/mol. The number of carbonyl (C=O) groups is 1. The molecule has 0 saturated heterocycles. The number of hydrogen-bond donors (Lipinski definition) is 2. The van der Waals surface area contributed by atoms with E-state index < -0.39 is 5.91 Å². The number of rotatable bonds is 5. The molecule has 25 heavy (non-hydrogen) atoms. The van der Waals surface area contributed by atoms with Gasteiger partial charge >= 0.3 is 0 Å². The maximum atomic E-state index is 12.2. The molecule has 6 nitrogen and oxygen atoms in total. The third-order valence-corrected chi connectivity index (χ3v) is 3.84. The zero-order chi connectivity index (χ0) is 17.8. The molecule has 0 spiro atoms. The zero-order valence-electron chi connectivity index (χ0n) is 13.6. The van der Waals surface area contributed by atoms with E-state index in [9.17, 15) is 4.79 Å². The highest BCUT2D eigenvalue weighted by atomic mass is 35.5. The van der Waals surface area contributed by atoms with Crippen molar-refractivity contribution < 1.29 is 9.90 Å². The van der Waals surface area contributed by atoms with Gasteiger partial charge in [-0.15, -0.1) is 5.10 Å². The first-order chi connectivity index (χ1) is 12.1. The van der Waals surface area contributed by atoms with E-state index in [1.165, 1.54) is 0 Å². The van der Waals surface area contributed by atoms with Gasteiger partial charge in [0.1, 0.15) is 0 Å². The van der Waals surface area contributed by atoms with Crippen LogP contribution in [0.15, 0.2) is 48.5 Å². The lowest BCUT2D eigenvalue weighted by molar-refractivity contribution is 0.0934. The molecule has 0 atom stereocenters. The van der Waals surface area contributed by atoms with Gasteiger partial charge in [0.05, 0.1) is 12.3 Å². The zero-order valence-corrected chi connectivity index (χ0v) is 14.4. The number of aliphatic hydroxyl groups is 1. The number of aliphatic hydroxyl groups excluding tert-OH is 1. The van der Waals surface area contributed by atoms with Crippen LogP contribution in [0.2, 0.25) is 5.02 Å². The normalized spacial score (nSPS) is 10.7. The fraction of sp³-hybridized carbons (Fsp3) is 0.167. The predicted molar refractivity (Wildman–Crippen MR) is 96.0 cm³/mol. The highest BCUT2D eigenvalue weighted by Gasteiger charge is 2.18. The van der Waals surface area contributed by atoms with Crippen molar-refractivity contribution in [3.8, 4) is 17.1 Å². The van der Waals surface area contributed by atoms with Crippen LogP contribution in [-0.2, 0) is 0 Å². The Morgan fingerprint density at radius 1 is 1.16 bits per heavy atom. The van der Waals surface area contributed by atoms with Crippen molar-refractivity contribution in [2.24, 2.45) is 0 Å². The van der Waals surface area contributed by atoms with E-state index in [2.05, 4.69) is 15.4 Å². The second-order valence-corrected chi connectivity index (χ2v) is 5.93. The maximum absolute atomic E-state index is 12.2. The third kappa shape index (κ3) is 3.87. The minimum absolute atomic E-state index is 0.0407. The summed E-state index contributed by atoms with van der Waals surface area (Å²) in [5, 5.41) is 16.4. The molecule has 0 bridgehead atoms. The average Bonchev–Trinajstić information content (AvgIpc) is 3.06. The van der Waals surface area contributed by atoms with Crippen LogP contribution in [0.4, 0.5) is 0 Å². The molecule has 0 aliphatic heterocycles. The Bertz CT molecular complexity index is 810. The number of aromatic nitrogens is 3. The number of carbonyl (C=O) groups excluding carboxylic acids is 1. The van der Waals surface area contributed by atoms with E-state index in [0.29, 0.717) is 10.8 Å². The predicted octanol–water partition coefficient (Wildman–Crippen LogP) is 2.62. The summed E-state index contributed by atoms with van der Waals surface area (Å²) in [6, 6.07) is 14.9. The van der Waals surface area contributed by atoms with E-state index in [4.69, 9.17) is 16.7 Å². The smallest absolute Gasteiger partial charge is 0.291 e. The molecule has 0 saturated carbocycles. The van der Waals surface area contributed by atoms with Gasteiger partial charge in [-0.1, -0.05) is 41.4 Å². The lowest BCUT2D eigenvalue weighted by atomic mass is 10.1. The van der Waals surface area contributed by atoms with Crippen molar-refractivity contribution in [1.82, 2.24) is 20.1 Å². The highest BCUT2D eigenvalue weighted by molar-refractivity contribution is 6.30. The van der Waals surface area contributed by atoms with Gasteiger partial charge < -0.3 is 10.4 Å². The molecule has 3 aromatic rings. The van der Waals surface area contributed by atoms with Gasteiger partial charge in [-0.2, -0.15) is 0 Å². The lowest BCUT2D eigenvalue weighted by Gasteiger charge is -2.06. The summed E-state index contributed by atoms with van der Waals surface area (Å²) in [6.45, 7) is 2.00. The first-order valence-corrected chi connectivity index (χ1v) is 8.15. The number of aryl methyl sites for hydroxylation is 1. The molecule has 7 heteroatoms. The molecule has 0 aliphatic carbocycles. The van der Waals surface area contributed by atoms with Crippen molar-refractivity contribution in [1.29, 1.82) is 0 Å². The van der Waals surface area contributed by atoms with Gasteiger partial charge in [0.15, 0.2) is 5.82 Å². The number of benzene rings is 2. The van der Waals surface area contributed by atoms with Gasteiger partial charge in [-0.25, -0.2) is 9.67 Å². The quantitative estimate of drug-likeness (QED) is 0.736. The largest absolute Gasteiger partial charge is 0.395 e. The summed E-state index contributed by atoms with van der Waals surface area (Å²) in [5.41, 5.74) is 2.71. The maximum Gasteiger partial charge on any atom is 0.291 e. The Labute approximate surface area is 150 Å². The van der Waals surface area contributed by atoms with Crippen LogP contribution in [0.25, 0.3) is 17.1 Å². The lowest BCUT2D eigenvalue weighted by Crippen LogP contribution is -2.27. The fourth-order valence-electron chi connectivity index (χ4n) is 2.31. The minimum atomic E-state index is -0.435. The third-order valence-electron chi connectivity index (χ3n) is 3.59. The molecule has 0 unspecified atom stereocenters. The summed E-state index contributed by atoms with van der Waals surface area (Å²) in [5.74, 6) is 0.158. The van der Waals surface area contributed by atoms with E-state index in [1.54, 1.807) is 16.8 Å². The molecule has 1 heterocycles. The van der Waals surface area contributed by atoms with Crippen LogP contribution < -0.4 is 5.32 Å². The number of halogens is 1. The van der Waals surface area contributed by atoms with Crippen molar-refractivity contribution in [2.45, 2.75) is 6.92 Å². The van der Waals surface area contributed by atoms with Crippen molar-refractivity contribution in [2.75, 3.05) is 13.2 Å². The summed E-state index contributed by atoms with van der Waals surface area (Å²) in [4.78, 5) is 16.5. The molecule has 0 fully saturated rings. The monoisotopic (exact) mass is 356 g/mol. The minimum Gasteiger partial charge on any atom is -0.395 e. The molecule has 0 aliphatic rings. The van der Waals surface area contributed by atoms with E-state index in [-0.39, 0.29) is 19.0 Å². The fourth-order valence-corrected chi connectivity index (χ4v) is 2.43. The number of nitrogens with one attached hydrogen (secondary N) is 1. The van der Waals surface area contributed by atoms with Crippen LogP contribution in [0.5, 0.6) is 0 Å². The topological polar surface area (TPSA) is 80.0 Å². The summed E-state index contributed by atoms with van der Waals surface area (Å²) >= 11 is 5.95. The number of amides is 1. The summed E-state index contributed by atoms with van der Waals surface area (Å²) < 4.78 is 1.61. The Kier molecular flexibility index (Phi) is 5.11. The van der Waals surface area contributed by atoms with Crippen LogP contribution in [0, 0.1) is 6.92 Å². The van der Waals surface area contributed by atoms with Crippen LogP contribution >= 0.6 is 11.6 Å². The Balaban J connectivity index is 2.07. The SMILES string of the molecule is Cc1ccc(-c2nc(C(=O)NCCO)nn2-c2ccc(Cl)cc2)cc1.